The summed E-state index contributed by atoms with van der Waals surface area (Å²) >= 11 is 0. The highest BCUT2D eigenvalue weighted by molar-refractivity contribution is 6.14. The average Bonchev–Trinajstić information content (AvgIpc) is 2.75. The third-order valence-corrected chi connectivity index (χ3v) is 4.98. The van der Waals surface area contributed by atoms with Gasteiger partial charge in [-0.2, -0.15) is 0 Å². The molecule has 0 fully saturated rings. The van der Waals surface area contributed by atoms with Crippen molar-refractivity contribution < 1.29 is 23.7 Å². The van der Waals surface area contributed by atoms with Crippen LogP contribution in [-0.2, 0) is 0 Å². The lowest BCUT2D eigenvalue weighted by Gasteiger charge is -2.20. The lowest BCUT2D eigenvalue weighted by molar-refractivity contribution is 0.102. The van der Waals surface area contributed by atoms with Gasteiger partial charge in [0.15, 0.2) is 17.3 Å². The summed E-state index contributed by atoms with van der Waals surface area (Å²) in [5, 5.41) is 0. The second kappa shape index (κ2) is 10.1. The summed E-state index contributed by atoms with van der Waals surface area (Å²) in [6.07, 6.45) is 1.88. The number of nitrogen functional groups attached to an aromatic ring is 1. The van der Waals surface area contributed by atoms with Crippen LogP contribution in [0.1, 0.15) is 29.8 Å². The first-order chi connectivity index (χ1) is 14.7. The predicted octanol–water partition coefficient (Wildman–Crippen LogP) is 4.29. The van der Waals surface area contributed by atoms with E-state index in [0.29, 0.717) is 39.8 Å². The summed E-state index contributed by atoms with van der Waals surface area (Å²) in [6, 6.07) is 7.30. The number of ether oxygens (including phenoxy) is 4. The van der Waals surface area contributed by atoms with Gasteiger partial charge in [-0.05, 0) is 35.8 Å². The zero-order valence-electron chi connectivity index (χ0n) is 19.5. The SMILES string of the molecule is COc1cc(C(=O)C(=Cc2ccc(N)c(N(C)C)c2)C(C)C)c(OC)c(OC)c1OC. The smallest absolute Gasteiger partial charge is 0.208 e. The highest BCUT2D eigenvalue weighted by atomic mass is 16.5. The van der Waals surface area contributed by atoms with Crippen LogP contribution in [0, 0.1) is 5.92 Å². The van der Waals surface area contributed by atoms with Gasteiger partial charge in [-0.15, -0.1) is 0 Å². The van der Waals surface area contributed by atoms with Crippen LogP contribution in [0.15, 0.2) is 29.8 Å². The maximum absolute atomic E-state index is 13.7. The van der Waals surface area contributed by atoms with Crippen molar-refractivity contribution in [1.29, 1.82) is 0 Å². The molecule has 0 aliphatic rings. The minimum atomic E-state index is -0.186. The van der Waals surface area contributed by atoms with Crippen LogP contribution in [-0.4, -0.2) is 48.3 Å². The van der Waals surface area contributed by atoms with Crippen molar-refractivity contribution in [1.82, 2.24) is 0 Å². The van der Waals surface area contributed by atoms with Crippen molar-refractivity contribution in [3.05, 3.63) is 41.0 Å². The first kappa shape index (κ1) is 23.9. The summed E-state index contributed by atoms with van der Waals surface area (Å²) in [6.45, 7) is 3.94. The van der Waals surface area contributed by atoms with Crippen molar-refractivity contribution >= 4 is 23.2 Å². The molecule has 31 heavy (non-hydrogen) atoms. The molecule has 0 radical (unpaired) electrons. The Labute approximate surface area is 184 Å². The number of nitrogens with two attached hydrogens (primary N) is 1. The number of methoxy groups -OCH3 is 4. The third kappa shape index (κ3) is 4.87. The summed E-state index contributed by atoms with van der Waals surface area (Å²) in [5.74, 6) is 1.11. The minimum Gasteiger partial charge on any atom is -0.493 e. The van der Waals surface area contributed by atoms with Crippen LogP contribution in [0.25, 0.3) is 6.08 Å². The standard InChI is InChI=1S/C24H32N2O5/c1-14(2)16(11-15-9-10-18(25)19(12-15)26(3)4)21(27)17-13-20(28-5)23(30-7)24(31-8)22(17)29-6/h9-14H,25H2,1-8H3. The monoisotopic (exact) mass is 428 g/mol. The number of carbonyl (C=O) groups excluding carboxylic acids is 1. The Morgan fingerprint density at radius 1 is 0.935 bits per heavy atom. The fourth-order valence-electron chi connectivity index (χ4n) is 3.37. The second-order valence-electron chi connectivity index (χ2n) is 7.52. The van der Waals surface area contributed by atoms with E-state index in [2.05, 4.69) is 0 Å². The first-order valence-corrected chi connectivity index (χ1v) is 9.90. The fourth-order valence-corrected chi connectivity index (χ4v) is 3.37. The van der Waals surface area contributed by atoms with Crippen LogP contribution in [0.5, 0.6) is 23.0 Å². The Morgan fingerprint density at radius 3 is 2.03 bits per heavy atom. The Kier molecular flexibility index (Phi) is 7.80. The van der Waals surface area contributed by atoms with E-state index in [4.69, 9.17) is 24.7 Å². The van der Waals surface area contributed by atoms with Gasteiger partial charge in [0, 0.05) is 19.7 Å². The Morgan fingerprint density at radius 2 is 1.55 bits per heavy atom. The maximum Gasteiger partial charge on any atom is 0.208 e. The molecule has 0 atom stereocenters. The number of allylic oxidation sites excluding steroid dienone is 1. The lowest BCUT2D eigenvalue weighted by atomic mass is 9.91. The van der Waals surface area contributed by atoms with Gasteiger partial charge in [0.25, 0.3) is 0 Å². The van der Waals surface area contributed by atoms with Crippen LogP contribution in [0.2, 0.25) is 0 Å². The van der Waals surface area contributed by atoms with Crippen LogP contribution < -0.4 is 29.6 Å². The van der Waals surface area contributed by atoms with E-state index < -0.39 is 0 Å². The van der Waals surface area contributed by atoms with Crippen LogP contribution >= 0.6 is 0 Å². The molecule has 2 N–H and O–H groups in total. The van der Waals surface area contributed by atoms with Crippen molar-refractivity contribution in [2.24, 2.45) is 5.92 Å². The van der Waals surface area contributed by atoms with Gasteiger partial charge in [-0.3, -0.25) is 4.79 Å². The van der Waals surface area contributed by atoms with E-state index in [1.54, 1.807) is 6.07 Å². The molecule has 7 heteroatoms. The highest BCUT2D eigenvalue weighted by Gasteiger charge is 2.27. The summed E-state index contributed by atoms with van der Waals surface area (Å²) in [5.41, 5.74) is 9.45. The third-order valence-electron chi connectivity index (χ3n) is 4.98. The molecule has 2 aromatic rings. The van der Waals surface area contributed by atoms with E-state index in [1.807, 2.05) is 57.1 Å². The Hall–Kier alpha value is -3.35. The number of hydrogen-bond acceptors (Lipinski definition) is 7. The summed E-state index contributed by atoms with van der Waals surface area (Å²) < 4.78 is 21.9. The number of rotatable bonds is 9. The molecule has 2 aromatic carbocycles. The maximum atomic E-state index is 13.7. The van der Waals surface area contributed by atoms with Gasteiger partial charge >= 0.3 is 0 Å². The quantitative estimate of drug-likeness (QED) is 0.362. The molecule has 168 valence electrons. The molecule has 0 unspecified atom stereocenters. The topological polar surface area (TPSA) is 83.3 Å². The van der Waals surface area contributed by atoms with Gasteiger partial charge in [0.05, 0.1) is 45.4 Å². The largest absolute Gasteiger partial charge is 0.493 e. The second-order valence-corrected chi connectivity index (χ2v) is 7.52. The van der Waals surface area contributed by atoms with E-state index in [-0.39, 0.29) is 11.7 Å². The van der Waals surface area contributed by atoms with E-state index in [9.17, 15) is 4.79 Å². The zero-order chi connectivity index (χ0) is 23.3. The summed E-state index contributed by atoms with van der Waals surface area (Å²) in [7, 11) is 9.84. The van der Waals surface area contributed by atoms with Crippen LogP contribution in [0.3, 0.4) is 0 Å². The molecule has 7 nitrogen and oxygen atoms in total. The van der Waals surface area contributed by atoms with Gasteiger partial charge in [0.2, 0.25) is 11.5 Å². The van der Waals surface area contributed by atoms with Crippen LogP contribution in [0.4, 0.5) is 11.4 Å². The minimum absolute atomic E-state index is 0.0448. The molecule has 0 saturated carbocycles. The number of carbonyl (C=O) groups is 1. The number of hydrogen-bond donors (Lipinski definition) is 1. The number of benzene rings is 2. The first-order valence-electron chi connectivity index (χ1n) is 9.90. The van der Waals surface area contributed by atoms with Gasteiger partial charge in [-0.1, -0.05) is 19.9 Å². The van der Waals surface area contributed by atoms with Crippen molar-refractivity contribution in [2.45, 2.75) is 13.8 Å². The fraction of sp³-hybridized carbons (Fsp3) is 0.375. The average molecular weight is 429 g/mol. The van der Waals surface area contributed by atoms with Gasteiger partial charge in [0.1, 0.15) is 0 Å². The normalized spacial score (nSPS) is 11.3. The van der Waals surface area contributed by atoms with E-state index in [1.165, 1.54) is 28.4 Å². The van der Waals surface area contributed by atoms with E-state index >= 15 is 0 Å². The molecule has 0 saturated heterocycles. The predicted molar refractivity (Wildman–Crippen MR) is 125 cm³/mol. The molecular formula is C24H32N2O5. The molecule has 0 aromatic heterocycles. The lowest BCUT2D eigenvalue weighted by Crippen LogP contribution is -2.13. The molecule has 0 heterocycles. The molecule has 0 bridgehead atoms. The Bertz CT molecular complexity index is 980. The van der Waals surface area contributed by atoms with Gasteiger partial charge in [-0.25, -0.2) is 0 Å². The molecule has 0 aliphatic carbocycles. The van der Waals surface area contributed by atoms with E-state index in [0.717, 1.165) is 11.3 Å². The number of ketones is 1. The van der Waals surface area contributed by atoms with Crippen molar-refractivity contribution in [2.75, 3.05) is 53.2 Å². The van der Waals surface area contributed by atoms with Gasteiger partial charge < -0.3 is 29.6 Å². The Balaban J connectivity index is 2.69. The molecule has 0 aliphatic heterocycles. The number of anilines is 2. The molecule has 2 rings (SSSR count). The number of Topliss-reactive ketones (excluding diaryl/α,β-unsaturated/α-hetero) is 1. The zero-order valence-corrected chi connectivity index (χ0v) is 19.5. The highest BCUT2D eigenvalue weighted by Crippen LogP contribution is 2.47. The van der Waals surface area contributed by atoms with Crippen molar-refractivity contribution in [3.63, 3.8) is 0 Å². The van der Waals surface area contributed by atoms with Crippen molar-refractivity contribution in [3.8, 4) is 23.0 Å². The molecule has 0 spiro atoms. The number of nitrogens with zero attached hydrogens (tertiary/aromatic N) is 1. The molecular weight excluding hydrogens is 396 g/mol. The summed E-state index contributed by atoms with van der Waals surface area (Å²) in [4.78, 5) is 15.6. The molecule has 0 amide bonds.